The number of ketones is 1. The molecule has 3 aromatic rings. The zero-order chi connectivity index (χ0) is 26.7. The summed E-state index contributed by atoms with van der Waals surface area (Å²) in [5.41, 5.74) is 12.3. The molecule has 0 bridgehead atoms. The highest BCUT2D eigenvalue weighted by Gasteiger charge is 2.62. The second-order valence-corrected chi connectivity index (χ2v) is 9.62. The minimum atomic E-state index is -1.55. The number of benzene rings is 3. The third-order valence-electron chi connectivity index (χ3n) is 7.44. The Morgan fingerprint density at radius 1 is 1.03 bits per heavy atom. The van der Waals surface area contributed by atoms with Gasteiger partial charge >= 0.3 is 5.97 Å². The van der Waals surface area contributed by atoms with E-state index in [1.807, 2.05) is 30.3 Å². The van der Waals surface area contributed by atoms with Crippen LogP contribution in [-0.4, -0.2) is 54.6 Å². The van der Waals surface area contributed by atoms with Crippen molar-refractivity contribution in [2.45, 2.75) is 25.8 Å². The number of aryl methyl sites for hydroxylation is 1. The van der Waals surface area contributed by atoms with Crippen LogP contribution >= 0.6 is 0 Å². The number of methoxy groups -OCH3 is 1. The number of likely N-dealkylation sites (tertiary alicyclic amines) is 1. The first kappa shape index (κ1) is 26.0. The number of nitrogens with two attached hydrogens (primary N) is 2. The standard InChI is InChI=1S/C29H32N4O4/c1-29(28(36)37-2)23(17-30)24(33(27(29)35)14-6-9-18-7-4-3-5-8-18)25(34)21-12-10-20-16-22(26(31)32)13-11-19(20)15-21/h3-5,7-8,10-13,15-16,23-24H,6,9,14,17,30H2,1-2H3,(H3,31,32)/t23?,24-,29-/m0/s1. The maximum absolute atomic E-state index is 14.0. The van der Waals surface area contributed by atoms with E-state index >= 15 is 0 Å². The molecular formula is C29H32N4O4. The summed E-state index contributed by atoms with van der Waals surface area (Å²) in [5.74, 6) is -2.17. The van der Waals surface area contributed by atoms with Gasteiger partial charge in [-0.25, -0.2) is 0 Å². The van der Waals surface area contributed by atoms with Gasteiger partial charge in [0, 0.05) is 23.6 Å². The highest BCUT2D eigenvalue weighted by atomic mass is 16.5. The minimum absolute atomic E-state index is 0.0293. The zero-order valence-corrected chi connectivity index (χ0v) is 21.1. The van der Waals surface area contributed by atoms with Crippen LogP contribution in [0.1, 0.15) is 34.8 Å². The fourth-order valence-corrected chi connectivity index (χ4v) is 5.33. The van der Waals surface area contributed by atoms with Crippen molar-refractivity contribution in [3.63, 3.8) is 0 Å². The summed E-state index contributed by atoms with van der Waals surface area (Å²) in [4.78, 5) is 42.0. The fraction of sp³-hybridized carbons (Fsp3) is 0.310. The average molecular weight is 501 g/mol. The maximum Gasteiger partial charge on any atom is 0.321 e. The van der Waals surface area contributed by atoms with Crippen LogP contribution in [0.2, 0.25) is 0 Å². The van der Waals surface area contributed by atoms with E-state index in [9.17, 15) is 14.4 Å². The number of nitrogens with one attached hydrogen (secondary N) is 1. The second kappa shape index (κ2) is 10.5. The Labute approximate surface area is 216 Å². The van der Waals surface area contributed by atoms with Crippen molar-refractivity contribution in [1.29, 1.82) is 5.41 Å². The number of hydrogen-bond acceptors (Lipinski definition) is 6. The molecule has 0 aromatic heterocycles. The predicted molar refractivity (Wildman–Crippen MR) is 142 cm³/mol. The highest BCUT2D eigenvalue weighted by molar-refractivity contribution is 6.12. The topological polar surface area (TPSA) is 140 Å². The number of fused-ring (bicyclic) bond motifs is 1. The van der Waals surface area contributed by atoms with Crippen molar-refractivity contribution >= 4 is 34.3 Å². The molecule has 1 fully saturated rings. The van der Waals surface area contributed by atoms with E-state index in [4.69, 9.17) is 21.6 Å². The van der Waals surface area contributed by atoms with Gasteiger partial charge in [0.05, 0.1) is 7.11 Å². The molecule has 3 atom stereocenters. The molecule has 192 valence electrons. The van der Waals surface area contributed by atoms with Gasteiger partial charge in [0.2, 0.25) is 5.91 Å². The molecule has 1 aliphatic heterocycles. The minimum Gasteiger partial charge on any atom is -0.468 e. The summed E-state index contributed by atoms with van der Waals surface area (Å²) in [6.45, 7) is 1.81. The Morgan fingerprint density at radius 3 is 2.24 bits per heavy atom. The highest BCUT2D eigenvalue weighted by Crippen LogP contribution is 2.43. The maximum atomic E-state index is 14.0. The molecule has 1 heterocycles. The summed E-state index contributed by atoms with van der Waals surface area (Å²) in [6, 6.07) is 19.6. The molecule has 1 aliphatic rings. The van der Waals surface area contributed by atoms with Gasteiger partial charge in [-0.3, -0.25) is 19.8 Å². The van der Waals surface area contributed by atoms with E-state index in [1.165, 1.54) is 18.9 Å². The van der Waals surface area contributed by atoms with Gasteiger partial charge in [-0.15, -0.1) is 0 Å². The first-order chi connectivity index (χ1) is 17.7. The van der Waals surface area contributed by atoms with Gasteiger partial charge in [-0.05, 0) is 54.8 Å². The van der Waals surface area contributed by atoms with Crippen LogP contribution < -0.4 is 11.5 Å². The number of nitrogen functional groups attached to an aromatic ring is 1. The van der Waals surface area contributed by atoms with Gasteiger partial charge < -0.3 is 21.1 Å². The third kappa shape index (κ3) is 4.72. The van der Waals surface area contributed by atoms with Crippen LogP contribution in [0.25, 0.3) is 10.8 Å². The van der Waals surface area contributed by atoms with E-state index in [-0.39, 0.29) is 18.2 Å². The molecule has 0 saturated carbocycles. The number of amidine groups is 1. The van der Waals surface area contributed by atoms with E-state index in [0.29, 0.717) is 24.1 Å². The van der Waals surface area contributed by atoms with Gasteiger partial charge in [-0.1, -0.05) is 54.6 Å². The van der Waals surface area contributed by atoms with E-state index in [2.05, 4.69) is 0 Å². The molecule has 1 unspecified atom stereocenters. The van der Waals surface area contributed by atoms with Crippen molar-refractivity contribution in [3.8, 4) is 0 Å². The summed E-state index contributed by atoms with van der Waals surface area (Å²) in [7, 11) is 1.24. The largest absolute Gasteiger partial charge is 0.468 e. The molecule has 0 radical (unpaired) electrons. The smallest absolute Gasteiger partial charge is 0.321 e. The Bertz CT molecular complexity index is 1360. The van der Waals surface area contributed by atoms with Crippen LogP contribution in [0.15, 0.2) is 66.7 Å². The van der Waals surface area contributed by atoms with E-state index < -0.39 is 29.3 Å². The quantitative estimate of drug-likeness (QED) is 0.136. The van der Waals surface area contributed by atoms with Gasteiger partial charge in [0.25, 0.3) is 0 Å². The molecule has 1 saturated heterocycles. The molecule has 0 aliphatic carbocycles. The molecule has 8 heteroatoms. The van der Waals surface area contributed by atoms with Crippen molar-refractivity contribution in [2.75, 3.05) is 20.2 Å². The Kier molecular flexibility index (Phi) is 7.40. The number of carbonyl (C=O) groups is 3. The van der Waals surface area contributed by atoms with Crippen molar-refractivity contribution in [3.05, 3.63) is 83.4 Å². The van der Waals surface area contributed by atoms with Crippen LogP contribution in [0, 0.1) is 16.7 Å². The summed E-state index contributed by atoms with van der Waals surface area (Å²) in [5, 5.41) is 9.29. The van der Waals surface area contributed by atoms with Gasteiger partial charge in [0.1, 0.15) is 17.3 Å². The number of carbonyl (C=O) groups excluding carboxylic acids is 3. The normalized spacial score (nSPS) is 21.3. The Balaban J connectivity index is 1.69. The number of rotatable bonds is 9. The van der Waals surface area contributed by atoms with Crippen LogP contribution in [0.4, 0.5) is 0 Å². The van der Waals surface area contributed by atoms with Gasteiger partial charge in [0.15, 0.2) is 5.78 Å². The Morgan fingerprint density at radius 2 is 1.65 bits per heavy atom. The monoisotopic (exact) mass is 500 g/mol. The van der Waals surface area contributed by atoms with Crippen molar-refractivity contribution in [2.24, 2.45) is 22.8 Å². The summed E-state index contributed by atoms with van der Waals surface area (Å²) < 4.78 is 5.00. The molecule has 4 rings (SSSR count). The Hall–Kier alpha value is -4.04. The van der Waals surface area contributed by atoms with Crippen LogP contribution in [0.3, 0.4) is 0 Å². The predicted octanol–water partition coefficient (Wildman–Crippen LogP) is 2.90. The lowest BCUT2D eigenvalue weighted by molar-refractivity contribution is -0.159. The third-order valence-corrected chi connectivity index (χ3v) is 7.44. The summed E-state index contributed by atoms with van der Waals surface area (Å²) >= 11 is 0. The first-order valence-electron chi connectivity index (χ1n) is 12.3. The average Bonchev–Trinajstić information content (AvgIpc) is 3.14. The van der Waals surface area contributed by atoms with Crippen LogP contribution in [0.5, 0.6) is 0 Å². The molecule has 0 spiro atoms. The van der Waals surface area contributed by atoms with E-state index in [0.717, 1.165) is 22.8 Å². The molecular weight excluding hydrogens is 468 g/mol. The molecule has 1 amide bonds. The van der Waals surface area contributed by atoms with Gasteiger partial charge in [-0.2, -0.15) is 0 Å². The number of amides is 1. The lowest BCUT2D eigenvalue weighted by Gasteiger charge is -2.28. The number of nitrogens with zero attached hydrogens (tertiary/aromatic N) is 1. The number of Topliss-reactive ketones (excluding diaryl/α,β-unsaturated/α-hetero) is 1. The lowest BCUT2D eigenvalue weighted by Crippen LogP contribution is -2.45. The summed E-state index contributed by atoms with van der Waals surface area (Å²) in [6.07, 6.45) is 1.35. The molecule has 3 aromatic carbocycles. The molecule has 37 heavy (non-hydrogen) atoms. The lowest BCUT2D eigenvalue weighted by atomic mass is 9.75. The number of esters is 1. The van der Waals surface area contributed by atoms with Crippen molar-refractivity contribution in [1.82, 2.24) is 4.90 Å². The molecule has 5 N–H and O–H groups in total. The second-order valence-electron chi connectivity index (χ2n) is 9.62. The first-order valence-corrected chi connectivity index (χ1v) is 12.3. The SMILES string of the molecule is COC(=O)[C@]1(C)C(=O)N(CCCc2ccccc2)[C@H](C(=O)c2ccc3cc(C(=N)N)ccc3c2)C1CN. The molecule has 8 nitrogen and oxygen atoms in total. The number of ether oxygens (including phenoxy) is 1. The van der Waals surface area contributed by atoms with Crippen molar-refractivity contribution < 1.29 is 19.1 Å². The number of hydrogen-bond donors (Lipinski definition) is 3. The zero-order valence-electron chi connectivity index (χ0n) is 21.1. The van der Waals surface area contributed by atoms with Crippen LogP contribution in [-0.2, 0) is 20.7 Å². The van der Waals surface area contributed by atoms with E-state index in [1.54, 1.807) is 36.4 Å². The fourth-order valence-electron chi connectivity index (χ4n) is 5.33.